The van der Waals surface area contributed by atoms with Crippen LogP contribution >= 0.6 is 0 Å². The molecule has 168 valence electrons. The van der Waals surface area contributed by atoms with Crippen LogP contribution in [0.2, 0.25) is 0 Å². The molecule has 6 nitrogen and oxygen atoms in total. The van der Waals surface area contributed by atoms with Gasteiger partial charge < -0.3 is 10.1 Å². The van der Waals surface area contributed by atoms with Gasteiger partial charge in [0.25, 0.3) is 11.8 Å². The summed E-state index contributed by atoms with van der Waals surface area (Å²) in [5, 5.41) is 2.85. The quantitative estimate of drug-likeness (QED) is 0.495. The number of imide groups is 1. The monoisotopic (exact) mass is 442 g/mol. The molecular formula is C27H26N2O4. The van der Waals surface area contributed by atoms with Crippen LogP contribution in [0.4, 0.5) is 5.69 Å². The first-order chi connectivity index (χ1) is 15.8. The van der Waals surface area contributed by atoms with E-state index in [0.717, 1.165) is 16.2 Å². The summed E-state index contributed by atoms with van der Waals surface area (Å²) in [6.45, 7) is 5.88. The highest BCUT2D eigenvalue weighted by molar-refractivity contribution is 6.23. The minimum atomic E-state index is -0.903. The molecule has 3 amide bonds. The molecule has 0 bridgehead atoms. The predicted octanol–water partition coefficient (Wildman–Crippen LogP) is 5.44. The minimum Gasteiger partial charge on any atom is -0.457 e. The minimum absolute atomic E-state index is 0.106. The van der Waals surface area contributed by atoms with Crippen molar-refractivity contribution in [3.05, 3.63) is 89.5 Å². The van der Waals surface area contributed by atoms with Crippen LogP contribution in [0.15, 0.2) is 72.8 Å². The summed E-state index contributed by atoms with van der Waals surface area (Å²) in [7, 11) is 0. The van der Waals surface area contributed by atoms with Gasteiger partial charge in [-0.2, -0.15) is 0 Å². The maximum absolute atomic E-state index is 13.2. The summed E-state index contributed by atoms with van der Waals surface area (Å²) < 4.78 is 5.90. The average Bonchev–Trinajstić information content (AvgIpc) is 3.05. The van der Waals surface area contributed by atoms with Gasteiger partial charge in [0.1, 0.15) is 17.5 Å². The Morgan fingerprint density at radius 2 is 1.45 bits per heavy atom. The normalized spacial score (nSPS) is 13.8. The van der Waals surface area contributed by atoms with Crippen LogP contribution in [-0.2, 0) is 4.79 Å². The van der Waals surface area contributed by atoms with E-state index in [1.807, 2.05) is 45.0 Å². The molecule has 0 aliphatic carbocycles. The molecule has 3 aromatic carbocycles. The van der Waals surface area contributed by atoms with Crippen molar-refractivity contribution < 1.29 is 19.1 Å². The molecule has 0 radical (unpaired) electrons. The first-order valence-corrected chi connectivity index (χ1v) is 11.0. The second-order valence-corrected chi connectivity index (χ2v) is 8.55. The highest BCUT2D eigenvalue weighted by Gasteiger charge is 2.42. The van der Waals surface area contributed by atoms with Crippen molar-refractivity contribution in [1.82, 2.24) is 4.90 Å². The molecular weight excluding hydrogens is 416 g/mol. The molecule has 0 aromatic heterocycles. The summed E-state index contributed by atoms with van der Waals surface area (Å²) in [5.41, 5.74) is 2.25. The summed E-state index contributed by atoms with van der Waals surface area (Å²) >= 11 is 0. The number of fused-ring (bicyclic) bond motifs is 1. The molecule has 0 spiro atoms. The lowest BCUT2D eigenvalue weighted by Crippen LogP contribution is -2.47. The van der Waals surface area contributed by atoms with Crippen LogP contribution < -0.4 is 10.1 Å². The number of hydrogen-bond acceptors (Lipinski definition) is 4. The third kappa shape index (κ3) is 4.65. The zero-order chi connectivity index (χ0) is 23.5. The van der Waals surface area contributed by atoms with Gasteiger partial charge >= 0.3 is 0 Å². The first-order valence-electron chi connectivity index (χ1n) is 11.0. The molecule has 33 heavy (non-hydrogen) atoms. The number of aryl methyl sites for hydroxylation is 1. The van der Waals surface area contributed by atoms with Gasteiger partial charge in [-0.3, -0.25) is 19.3 Å². The third-order valence-corrected chi connectivity index (χ3v) is 5.58. The van der Waals surface area contributed by atoms with Crippen LogP contribution in [0.3, 0.4) is 0 Å². The summed E-state index contributed by atoms with van der Waals surface area (Å²) in [4.78, 5) is 40.2. The van der Waals surface area contributed by atoms with E-state index in [1.54, 1.807) is 48.5 Å². The molecule has 0 saturated carbocycles. The summed E-state index contributed by atoms with van der Waals surface area (Å²) in [6.07, 6.45) is 0.367. The largest absolute Gasteiger partial charge is 0.457 e. The van der Waals surface area contributed by atoms with Crippen molar-refractivity contribution in [2.24, 2.45) is 5.92 Å². The molecule has 0 saturated heterocycles. The number of rotatable bonds is 7. The number of amides is 3. The van der Waals surface area contributed by atoms with E-state index in [-0.39, 0.29) is 5.92 Å². The molecule has 1 N–H and O–H groups in total. The second-order valence-electron chi connectivity index (χ2n) is 8.55. The Morgan fingerprint density at radius 1 is 0.879 bits per heavy atom. The molecule has 1 aliphatic heterocycles. The Kier molecular flexibility index (Phi) is 6.27. The number of nitrogens with one attached hydrogen (secondary N) is 1. The molecule has 6 heteroatoms. The topological polar surface area (TPSA) is 75.7 Å². The standard InChI is InChI=1S/C27H26N2O4/c1-17(2)16-23(29-26(31)21-9-5-6-10-22(21)27(29)32)25(30)28-19-12-14-20(15-13-19)33-24-11-7-4-8-18(24)3/h4-15,17,23H,16H2,1-3H3,(H,28,30)/t23-/m1/s1. The SMILES string of the molecule is Cc1ccccc1Oc1ccc(NC(=O)[C@@H](CC(C)C)N2C(=O)c3ccccc3C2=O)cc1. The number of nitrogens with zero attached hydrogens (tertiary/aromatic N) is 1. The van der Waals surface area contributed by atoms with Crippen LogP contribution in [0.5, 0.6) is 11.5 Å². The second kappa shape index (κ2) is 9.28. The zero-order valence-electron chi connectivity index (χ0n) is 18.9. The van der Waals surface area contributed by atoms with Crippen molar-refractivity contribution in [2.75, 3.05) is 5.32 Å². The molecule has 0 fully saturated rings. The van der Waals surface area contributed by atoms with E-state index in [1.165, 1.54) is 0 Å². The van der Waals surface area contributed by atoms with Crippen molar-refractivity contribution in [3.8, 4) is 11.5 Å². The highest BCUT2D eigenvalue weighted by Crippen LogP contribution is 2.29. The summed E-state index contributed by atoms with van der Waals surface area (Å²) in [5.74, 6) is 0.246. The van der Waals surface area contributed by atoms with Gasteiger partial charge in [-0.1, -0.05) is 44.2 Å². The third-order valence-electron chi connectivity index (χ3n) is 5.58. The Labute approximate surface area is 193 Å². The number of carbonyl (C=O) groups is 3. The van der Waals surface area contributed by atoms with Crippen LogP contribution in [-0.4, -0.2) is 28.7 Å². The lowest BCUT2D eigenvalue weighted by molar-refractivity contribution is -0.120. The van der Waals surface area contributed by atoms with E-state index in [9.17, 15) is 14.4 Å². The van der Waals surface area contributed by atoms with Crippen molar-refractivity contribution in [1.29, 1.82) is 0 Å². The van der Waals surface area contributed by atoms with Gasteiger partial charge in [-0.25, -0.2) is 0 Å². The highest BCUT2D eigenvalue weighted by atomic mass is 16.5. The van der Waals surface area contributed by atoms with Crippen molar-refractivity contribution in [3.63, 3.8) is 0 Å². The average molecular weight is 443 g/mol. The molecule has 1 aliphatic rings. The van der Waals surface area contributed by atoms with Gasteiger partial charge in [0.05, 0.1) is 11.1 Å². The van der Waals surface area contributed by atoms with Gasteiger partial charge in [0, 0.05) is 5.69 Å². The van der Waals surface area contributed by atoms with Gasteiger partial charge in [-0.05, 0) is 67.3 Å². The number of benzene rings is 3. The van der Waals surface area contributed by atoms with E-state index in [0.29, 0.717) is 29.0 Å². The molecule has 3 aromatic rings. The number of ether oxygens (including phenoxy) is 1. The maximum atomic E-state index is 13.2. The Morgan fingerprint density at radius 3 is 2.03 bits per heavy atom. The van der Waals surface area contributed by atoms with Crippen molar-refractivity contribution in [2.45, 2.75) is 33.2 Å². The Hall–Kier alpha value is -3.93. The van der Waals surface area contributed by atoms with Gasteiger partial charge in [0.2, 0.25) is 5.91 Å². The first kappa shape index (κ1) is 22.3. The van der Waals surface area contributed by atoms with Gasteiger partial charge in [-0.15, -0.1) is 0 Å². The Balaban J connectivity index is 1.51. The lowest BCUT2D eigenvalue weighted by atomic mass is 10.0. The fraction of sp³-hybridized carbons (Fsp3) is 0.222. The molecule has 0 unspecified atom stereocenters. The maximum Gasteiger partial charge on any atom is 0.262 e. The van der Waals surface area contributed by atoms with E-state index >= 15 is 0 Å². The molecule has 1 atom stereocenters. The van der Waals surface area contributed by atoms with Crippen LogP contribution in [0.25, 0.3) is 0 Å². The summed E-state index contributed by atoms with van der Waals surface area (Å²) in [6, 6.07) is 20.5. The fourth-order valence-corrected chi connectivity index (χ4v) is 3.90. The van der Waals surface area contributed by atoms with E-state index in [4.69, 9.17) is 4.74 Å². The number of anilines is 1. The van der Waals surface area contributed by atoms with Crippen LogP contribution in [0.1, 0.15) is 46.5 Å². The predicted molar refractivity (Wildman–Crippen MR) is 127 cm³/mol. The van der Waals surface area contributed by atoms with Crippen LogP contribution in [0, 0.1) is 12.8 Å². The van der Waals surface area contributed by atoms with E-state index < -0.39 is 23.8 Å². The Bertz CT molecular complexity index is 1170. The van der Waals surface area contributed by atoms with Crippen molar-refractivity contribution >= 4 is 23.4 Å². The number of carbonyl (C=O) groups excluding carboxylic acids is 3. The molecule has 4 rings (SSSR count). The fourth-order valence-electron chi connectivity index (χ4n) is 3.90. The lowest BCUT2D eigenvalue weighted by Gasteiger charge is -2.26. The number of para-hydroxylation sites is 1. The van der Waals surface area contributed by atoms with Gasteiger partial charge in [0.15, 0.2) is 0 Å². The smallest absolute Gasteiger partial charge is 0.262 e. The number of hydrogen-bond donors (Lipinski definition) is 1. The molecule has 1 heterocycles. The zero-order valence-corrected chi connectivity index (χ0v) is 18.9. The van der Waals surface area contributed by atoms with E-state index in [2.05, 4.69) is 5.32 Å².